The highest BCUT2D eigenvalue weighted by Gasteiger charge is 2.44. The van der Waals surface area contributed by atoms with Crippen LogP contribution in [-0.4, -0.2) is 69.4 Å². The molecule has 2 aliphatic rings. The van der Waals surface area contributed by atoms with E-state index in [1.54, 1.807) is 12.1 Å². The van der Waals surface area contributed by atoms with Crippen molar-refractivity contribution in [2.45, 2.75) is 71.4 Å². The van der Waals surface area contributed by atoms with E-state index in [1.165, 1.54) is 28.5 Å². The van der Waals surface area contributed by atoms with Crippen LogP contribution in [0.3, 0.4) is 0 Å². The van der Waals surface area contributed by atoms with E-state index in [4.69, 9.17) is 5.10 Å². The normalized spacial score (nSPS) is 20.4. The fraction of sp³-hybridized carbons (Fsp3) is 0.450. The molecule has 0 aliphatic carbocycles. The maximum absolute atomic E-state index is 14.3. The highest BCUT2D eigenvalue weighted by Crippen LogP contribution is 2.39. The molecular formula is C40H49FN4O2. The van der Waals surface area contributed by atoms with Crippen molar-refractivity contribution in [2.75, 3.05) is 32.7 Å². The zero-order valence-electron chi connectivity index (χ0n) is 28.3. The quantitative estimate of drug-likeness (QED) is 0.193. The molecule has 3 aromatic carbocycles. The Balaban J connectivity index is 1.11. The second-order valence-corrected chi connectivity index (χ2v) is 14.7. The first kappa shape index (κ1) is 33.1. The molecule has 2 aliphatic heterocycles. The van der Waals surface area contributed by atoms with E-state index in [0.29, 0.717) is 19.0 Å². The van der Waals surface area contributed by atoms with E-state index in [-0.39, 0.29) is 17.7 Å². The van der Waals surface area contributed by atoms with Gasteiger partial charge in [-0.3, -0.25) is 14.4 Å². The molecule has 0 amide bonds. The molecule has 47 heavy (non-hydrogen) atoms. The smallest absolute Gasteiger partial charge is 0.321 e. The molecule has 0 saturated carbocycles. The van der Waals surface area contributed by atoms with E-state index in [2.05, 4.69) is 76.0 Å². The minimum Gasteiger partial charge on any atom is -0.480 e. The molecule has 3 atom stereocenters. The summed E-state index contributed by atoms with van der Waals surface area (Å²) in [6.07, 6.45) is 2.95. The van der Waals surface area contributed by atoms with Crippen LogP contribution in [0.4, 0.5) is 4.39 Å². The fourth-order valence-corrected chi connectivity index (χ4v) is 8.04. The molecule has 3 heterocycles. The first-order valence-electron chi connectivity index (χ1n) is 17.2. The van der Waals surface area contributed by atoms with E-state index in [0.717, 1.165) is 56.7 Å². The maximum Gasteiger partial charge on any atom is 0.321 e. The van der Waals surface area contributed by atoms with Crippen molar-refractivity contribution < 1.29 is 14.3 Å². The SMILES string of the molecule is CCn1nc(Cc2ccc(-c3ccccc3)cc2)cc1C1CCN(C[C@H]2CN([C@@H](C(=O)O)C(C)(C)C)C[C@@H]2c2cccc(F)c2)CC1. The van der Waals surface area contributed by atoms with E-state index in [1.807, 2.05) is 32.9 Å². The van der Waals surface area contributed by atoms with Gasteiger partial charge in [0.15, 0.2) is 0 Å². The zero-order valence-corrected chi connectivity index (χ0v) is 28.3. The van der Waals surface area contributed by atoms with Crippen molar-refractivity contribution >= 4 is 5.97 Å². The van der Waals surface area contributed by atoms with Crippen LogP contribution in [0.2, 0.25) is 0 Å². The topological polar surface area (TPSA) is 61.6 Å². The number of aryl methyl sites for hydroxylation is 1. The monoisotopic (exact) mass is 636 g/mol. The largest absolute Gasteiger partial charge is 0.480 e. The summed E-state index contributed by atoms with van der Waals surface area (Å²) < 4.78 is 16.5. The van der Waals surface area contributed by atoms with Crippen LogP contribution in [0.25, 0.3) is 11.1 Å². The molecule has 248 valence electrons. The molecule has 0 bridgehead atoms. The van der Waals surface area contributed by atoms with Gasteiger partial charge in [-0.15, -0.1) is 0 Å². The molecule has 4 aromatic rings. The summed E-state index contributed by atoms with van der Waals surface area (Å²) in [7, 11) is 0. The second-order valence-electron chi connectivity index (χ2n) is 14.7. The van der Waals surface area contributed by atoms with Crippen LogP contribution in [-0.2, 0) is 17.8 Å². The van der Waals surface area contributed by atoms with Gasteiger partial charge < -0.3 is 10.0 Å². The standard InChI is InChI=1S/C40H49FN4O2/c1-5-45-37(24-35(42-45)22-28-14-16-30(17-15-28)29-10-7-6-8-11-29)31-18-20-43(21-19-31)25-33-26-44(38(39(46)47)40(2,3)4)27-36(33)32-12-9-13-34(41)23-32/h6-17,23-24,31,33,36,38H,5,18-22,25-27H2,1-4H3,(H,46,47)/t33-,36+,38-/m0/s1. The molecule has 2 fully saturated rings. The first-order valence-corrected chi connectivity index (χ1v) is 17.2. The summed E-state index contributed by atoms with van der Waals surface area (Å²) in [6.45, 7) is 13.2. The number of carboxylic acids is 1. The number of aromatic nitrogens is 2. The third-order valence-electron chi connectivity index (χ3n) is 10.3. The van der Waals surface area contributed by atoms with Crippen molar-refractivity contribution in [3.63, 3.8) is 0 Å². The Hall–Kier alpha value is -3.81. The summed E-state index contributed by atoms with van der Waals surface area (Å²) in [5.74, 6) is -0.225. The van der Waals surface area contributed by atoms with Gasteiger partial charge >= 0.3 is 5.97 Å². The Labute approximate surface area is 279 Å². The molecule has 1 N–H and O–H groups in total. The van der Waals surface area contributed by atoms with Gasteiger partial charge in [-0.2, -0.15) is 5.10 Å². The summed E-state index contributed by atoms with van der Waals surface area (Å²) in [5.41, 5.74) is 6.74. The third kappa shape index (κ3) is 7.68. The highest BCUT2D eigenvalue weighted by atomic mass is 19.1. The lowest BCUT2D eigenvalue weighted by molar-refractivity contribution is -0.147. The fourth-order valence-electron chi connectivity index (χ4n) is 8.04. The second kappa shape index (κ2) is 14.1. The number of aliphatic carboxylic acids is 1. The molecule has 0 spiro atoms. The molecule has 7 heteroatoms. The number of nitrogens with zero attached hydrogens (tertiary/aromatic N) is 4. The number of benzene rings is 3. The van der Waals surface area contributed by atoms with Crippen LogP contribution in [0, 0.1) is 17.2 Å². The maximum atomic E-state index is 14.3. The molecule has 0 unspecified atom stereocenters. The minimum atomic E-state index is -0.784. The zero-order chi connectivity index (χ0) is 33.1. The van der Waals surface area contributed by atoms with E-state index in [9.17, 15) is 14.3 Å². The molecule has 1 aromatic heterocycles. The molecule has 6 nitrogen and oxygen atoms in total. The van der Waals surface area contributed by atoms with Gasteiger partial charge in [-0.1, -0.05) is 87.5 Å². The number of hydrogen-bond donors (Lipinski definition) is 1. The van der Waals surface area contributed by atoms with Crippen LogP contribution in [0.15, 0.2) is 84.9 Å². The molecular weight excluding hydrogens is 587 g/mol. The Bertz CT molecular complexity index is 1640. The number of rotatable bonds is 10. The number of carboxylic acid groups (broad SMARTS) is 1. The third-order valence-corrected chi connectivity index (χ3v) is 10.3. The first-order chi connectivity index (χ1) is 22.6. The number of piperidine rings is 1. The Morgan fingerprint density at radius 3 is 2.28 bits per heavy atom. The van der Waals surface area contributed by atoms with Crippen LogP contribution < -0.4 is 0 Å². The van der Waals surface area contributed by atoms with Crippen LogP contribution in [0.1, 0.15) is 74.9 Å². The predicted octanol–water partition coefficient (Wildman–Crippen LogP) is 7.69. The van der Waals surface area contributed by atoms with Crippen molar-refractivity contribution in [3.8, 4) is 11.1 Å². The van der Waals surface area contributed by atoms with Gasteiger partial charge in [0.25, 0.3) is 0 Å². The number of halogens is 1. The van der Waals surface area contributed by atoms with Crippen LogP contribution in [0.5, 0.6) is 0 Å². The van der Waals surface area contributed by atoms with Gasteiger partial charge in [0.05, 0.1) is 5.69 Å². The lowest BCUT2D eigenvalue weighted by Crippen LogP contribution is -2.48. The molecule has 0 radical (unpaired) electrons. The number of hydrogen-bond acceptors (Lipinski definition) is 4. The lowest BCUT2D eigenvalue weighted by Gasteiger charge is -2.36. The van der Waals surface area contributed by atoms with Crippen molar-refractivity contribution in [3.05, 3.63) is 113 Å². The average molecular weight is 637 g/mol. The summed E-state index contributed by atoms with van der Waals surface area (Å²) in [4.78, 5) is 17.1. The van der Waals surface area contributed by atoms with Gasteiger partial charge in [0.1, 0.15) is 11.9 Å². The van der Waals surface area contributed by atoms with Gasteiger partial charge in [-0.25, -0.2) is 4.39 Å². The summed E-state index contributed by atoms with van der Waals surface area (Å²) in [6, 6.07) is 27.9. The number of likely N-dealkylation sites (tertiary alicyclic amines) is 2. The van der Waals surface area contributed by atoms with Crippen LogP contribution >= 0.6 is 0 Å². The number of carbonyl (C=O) groups is 1. The Morgan fingerprint density at radius 2 is 1.64 bits per heavy atom. The molecule has 6 rings (SSSR count). The Kier molecular flexibility index (Phi) is 9.95. The predicted molar refractivity (Wildman–Crippen MR) is 186 cm³/mol. The Morgan fingerprint density at radius 1 is 0.936 bits per heavy atom. The highest BCUT2D eigenvalue weighted by molar-refractivity contribution is 5.74. The van der Waals surface area contributed by atoms with Crippen molar-refractivity contribution in [1.29, 1.82) is 0 Å². The average Bonchev–Trinajstić information content (AvgIpc) is 3.65. The summed E-state index contributed by atoms with van der Waals surface area (Å²) in [5, 5.41) is 15.2. The van der Waals surface area contributed by atoms with Crippen molar-refractivity contribution in [1.82, 2.24) is 19.6 Å². The summed E-state index contributed by atoms with van der Waals surface area (Å²) >= 11 is 0. The minimum absolute atomic E-state index is 0.0958. The molecule has 2 saturated heterocycles. The van der Waals surface area contributed by atoms with Gasteiger partial charge in [0.2, 0.25) is 0 Å². The van der Waals surface area contributed by atoms with Crippen molar-refractivity contribution in [2.24, 2.45) is 11.3 Å². The van der Waals surface area contributed by atoms with Gasteiger partial charge in [0, 0.05) is 50.1 Å². The van der Waals surface area contributed by atoms with Gasteiger partial charge in [-0.05, 0) is 84.6 Å². The van der Waals surface area contributed by atoms with E-state index < -0.39 is 17.4 Å². The lowest BCUT2D eigenvalue weighted by atomic mass is 9.85. The van der Waals surface area contributed by atoms with E-state index >= 15 is 0 Å².